The maximum atomic E-state index is 12.5. The third-order valence-corrected chi connectivity index (χ3v) is 4.23. The van der Waals surface area contributed by atoms with Crippen LogP contribution in [0.4, 0.5) is 0 Å². The fourth-order valence-corrected chi connectivity index (χ4v) is 2.44. The van der Waals surface area contributed by atoms with Crippen LogP contribution < -0.4 is 21.7 Å². The van der Waals surface area contributed by atoms with Gasteiger partial charge in [0, 0.05) is 24.7 Å². The summed E-state index contributed by atoms with van der Waals surface area (Å²) in [5.41, 5.74) is 5.97. The lowest BCUT2D eigenvalue weighted by Crippen LogP contribution is -2.58. The first kappa shape index (κ1) is 26.5. The predicted octanol–water partition coefficient (Wildman–Crippen LogP) is -4.33. The first-order valence-electron chi connectivity index (χ1n) is 9.39. The van der Waals surface area contributed by atoms with E-state index >= 15 is 0 Å². The zero-order chi connectivity index (χ0) is 24.3. The Kier molecular flexibility index (Phi) is 10.7. The van der Waals surface area contributed by atoms with Gasteiger partial charge < -0.3 is 47.1 Å². The first-order valence-corrected chi connectivity index (χ1v) is 9.39. The second-order valence-corrected chi connectivity index (χ2v) is 6.71. The molecule has 0 fully saturated rings. The highest BCUT2D eigenvalue weighted by Crippen LogP contribution is 2.02. The standard InChI is InChI=1S/C17H26N6O9/c18-9(1-2-13(26)27)14(28)22-11(5-24)16(30)21-10(3-8-4-19-7-20-8)15(29)23-12(6-25)17(31)32/h4,7,9-12,24-25H,1-3,5-6,18H2,(H,19,20)(H,21,30)(H,22,28)(H,23,29)(H,26,27)(H,31,32). The lowest BCUT2D eigenvalue weighted by molar-refractivity contribution is -0.143. The van der Waals surface area contributed by atoms with E-state index in [1.54, 1.807) is 0 Å². The van der Waals surface area contributed by atoms with Gasteiger partial charge >= 0.3 is 11.9 Å². The van der Waals surface area contributed by atoms with E-state index < -0.39 is 67.0 Å². The number of carboxylic acid groups (broad SMARTS) is 2. The molecule has 0 saturated carbocycles. The summed E-state index contributed by atoms with van der Waals surface area (Å²) in [6.07, 6.45) is 1.94. The molecule has 0 bridgehead atoms. The quantitative estimate of drug-likeness (QED) is 0.129. The van der Waals surface area contributed by atoms with Crippen molar-refractivity contribution in [3.63, 3.8) is 0 Å². The van der Waals surface area contributed by atoms with E-state index in [9.17, 15) is 29.1 Å². The molecule has 0 aliphatic heterocycles. The zero-order valence-corrected chi connectivity index (χ0v) is 16.9. The van der Waals surface area contributed by atoms with Crippen molar-refractivity contribution in [2.75, 3.05) is 13.2 Å². The zero-order valence-electron chi connectivity index (χ0n) is 16.9. The van der Waals surface area contributed by atoms with Crippen LogP contribution in [0.3, 0.4) is 0 Å². The lowest BCUT2D eigenvalue weighted by atomic mass is 10.1. The second-order valence-electron chi connectivity index (χ2n) is 6.71. The number of aromatic nitrogens is 2. The predicted molar refractivity (Wildman–Crippen MR) is 105 cm³/mol. The highest BCUT2D eigenvalue weighted by Gasteiger charge is 2.30. The lowest BCUT2D eigenvalue weighted by Gasteiger charge is -2.23. The molecule has 1 aromatic heterocycles. The number of H-pyrrole nitrogens is 1. The molecule has 1 heterocycles. The van der Waals surface area contributed by atoms with Crippen molar-refractivity contribution in [2.24, 2.45) is 5.73 Å². The number of rotatable bonds is 14. The molecule has 0 aliphatic carbocycles. The number of carbonyl (C=O) groups is 5. The van der Waals surface area contributed by atoms with Gasteiger partial charge in [-0.15, -0.1) is 0 Å². The molecule has 0 aliphatic rings. The summed E-state index contributed by atoms with van der Waals surface area (Å²) in [5.74, 6) is -5.48. The maximum absolute atomic E-state index is 12.5. The minimum absolute atomic E-state index is 0.153. The summed E-state index contributed by atoms with van der Waals surface area (Å²) in [5, 5.41) is 42.7. The third-order valence-electron chi connectivity index (χ3n) is 4.23. The monoisotopic (exact) mass is 458 g/mol. The van der Waals surface area contributed by atoms with Crippen LogP contribution in [-0.2, 0) is 30.4 Å². The summed E-state index contributed by atoms with van der Waals surface area (Å²) >= 11 is 0. The van der Waals surface area contributed by atoms with Gasteiger partial charge in [-0.25, -0.2) is 9.78 Å². The Morgan fingerprint density at radius 1 is 0.938 bits per heavy atom. The molecule has 4 atom stereocenters. The van der Waals surface area contributed by atoms with Crippen molar-refractivity contribution in [2.45, 2.75) is 43.4 Å². The van der Waals surface area contributed by atoms with Crippen LogP contribution in [0, 0.1) is 0 Å². The van der Waals surface area contributed by atoms with Crippen molar-refractivity contribution >= 4 is 29.7 Å². The highest BCUT2D eigenvalue weighted by atomic mass is 16.4. The molecule has 178 valence electrons. The number of carboxylic acids is 2. The molecule has 15 heteroatoms. The summed E-state index contributed by atoms with van der Waals surface area (Å²) < 4.78 is 0. The van der Waals surface area contributed by atoms with Crippen LogP contribution in [0.15, 0.2) is 12.5 Å². The van der Waals surface area contributed by atoms with Crippen LogP contribution in [-0.4, -0.2) is 97.4 Å². The molecular formula is C17H26N6O9. The molecular weight excluding hydrogens is 432 g/mol. The molecule has 1 aromatic rings. The van der Waals surface area contributed by atoms with E-state index in [-0.39, 0.29) is 19.3 Å². The SMILES string of the molecule is NC(CCC(=O)O)C(=O)NC(CO)C(=O)NC(Cc1cnc[nH]1)C(=O)NC(CO)C(=O)O. The fourth-order valence-electron chi connectivity index (χ4n) is 2.44. The van der Waals surface area contributed by atoms with E-state index in [0.717, 1.165) is 0 Å². The summed E-state index contributed by atoms with van der Waals surface area (Å²) in [6, 6.07) is -5.76. The maximum Gasteiger partial charge on any atom is 0.328 e. The number of aliphatic hydroxyl groups is 2. The minimum Gasteiger partial charge on any atom is -0.481 e. The topological polar surface area (TPSA) is 257 Å². The highest BCUT2D eigenvalue weighted by molar-refractivity contribution is 5.94. The molecule has 1 rings (SSSR count). The summed E-state index contributed by atoms with van der Waals surface area (Å²) in [6.45, 7) is -1.76. The van der Waals surface area contributed by atoms with Gasteiger partial charge in [0.05, 0.1) is 25.6 Å². The van der Waals surface area contributed by atoms with Crippen molar-refractivity contribution in [1.82, 2.24) is 25.9 Å². The van der Waals surface area contributed by atoms with Crippen molar-refractivity contribution in [3.05, 3.63) is 18.2 Å². The van der Waals surface area contributed by atoms with Crippen molar-refractivity contribution in [3.8, 4) is 0 Å². The number of nitrogens with zero attached hydrogens (tertiary/aromatic N) is 1. The molecule has 0 spiro atoms. The smallest absolute Gasteiger partial charge is 0.328 e. The van der Waals surface area contributed by atoms with E-state index in [2.05, 4.69) is 25.9 Å². The Morgan fingerprint density at radius 2 is 1.50 bits per heavy atom. The van der Waals surface area contributed by atoms with Crippen LogP contribution in [0.2, 0.25) is 0 Å². The number of carbonyl (C=O) groups excluding carboxylic acids is 3. The van der Waals surface area contributed by atoms with E-state index in [0.29, 0.717) is 5.69 Å². The Bertz CT molecular complexity index is 800. The Hall–Kier alpha value is -3.56. The Balaban J connectivity index is 2.87. The number of aliphatic carboxylic acids is 2. The normalized spacial score (nSPS) is 14.5. The number of nitrogens with one attached hydrogen (secondary N) is 4. The Labute approximate surface area is 181 Å². The number of aliphatic hydroxyl groups excluding tert-OH is 2. The van der Waals surface area contributed by atoms with Crippen LogP contribution in [0.1, 0.15) is 18.5 Å². The number of imidazole rings is 1. The third kappa shape index (κ3) is 8.66. The van der Waals surface area contributed by atoms with Gasteiger partial charge in [-0.1, -0.05) is 0 Å². The fraction of sp³-hybridized carbons (Fsp3) is 0.529. The van der Waals surface area contributed by atoms with Gasteiger partial charge in [0.15, 0.2) is 0 Å². The summed E-state index contributed by atoms with van der Waals surface area (Å²) in [7, 11) is 0. The average Bonchev–Trinajstić information content (AvgIpc) is 3.25. The molecule has 32 heavy (non-hydrogen) atoms. The van der Waals surface area contributed by atoms with Gasteiger partial charge in [0.2, 0.25) is 17.7 Å². The van der Waals surface area contributed by atoms with Crippen LogP contribution >= 0.6 is 0 Å². The molecule has 4 unspecified atom stereocenters. The number of nitrogens with two attached hydrogens (primary N) is 1. The minimum atomic E-state index is -1.62. The average molecular weight is 458 g/mol. The number of amides is 3. The van der Waals surface area contributed by atoms with Crippen LogP contribution in [0.25, 0.3) is 0 Å². The van der Waals surface area contributed by atoms with Gasteiger partial charge in [-0.05, 0) is 6.42 Å². The second kappa shape index (κ2) is 13.0. The Morgan fingerprint density at radius 3 is 2.00 bits per heavy atom. The molecule has 15 nitrogen and oxygen atoms in total. The van der Waals surface area contributed by atoms with Gasteiger partial charge in [-0.2, -0.15) is 0 Å². The van der Waals surface area contributed by atoms with E-state index in [4.69, 9.17) is 21.1 Å². The van der Waals surface area contributed by atoms with Crippen molar-refractivity contribution < 1.29 is 44.4 Å². The number of hydrogen-bond donors (Lipinski definition) is 9. The summed E-state index contributed by atoms with van der Waals surface area (Å²) in [4.78, 5) is 65.2. The molecule has 3 amide bonds. The number of hydrogen-bond acceptors (Lipinski definition) is 9. The largest absolute Gasteiger partial charge is 0.481 e. The molecule has 0 aromatic carbocycles. The van der Waals surface area contributed by atoms with E-state index in [1.807, 2.05) is 0 Å². The van der Waals surface area contributed by atoms with E-state index in [1.165, 1.54) is 12.5 Å². The molecule has 0 radical (unpaired) electrons. The van der Waals surface area contributed by atoms with Gasteiger partial charge in [0.1, 0.15) is 18.1 Å². The first-order chi connectivity index (χ1) is 15.1. The van der Waals surface area contributed by atoms with Crippen LogP contribution in [0.5, 0.6) is 0 Å². The molecule has 10 N–H and O–H groups in total. The molecule has 0 saturated heterocycles. The van der Waals surface area contributed by atoms with Crippen molar-refractivity contribution in [1.29, 1.82) is 0 Å². The number of aromatic amines is 1. The van der Waals surface area contributed by atoms with Gasteiger partial charge in [-0.3, -0.25) is 19.2 Å². The van der Waals surface area contributed by atoms with Gasteiger partial charge in [0.25, 0.3) is 0 Å².